The van der Waals surface area contributed by atoms with Crippen LogP contribution in [0.1, 0.15) is 31.2 Å². The minimum atomic E-state index is -0.872. The van der Waals surface area contributed by atoms with Crippen molar-refractivity contribution in [1.29, 1.82) is 5.26 Å². The van der Waals surface area contributed by atoms with E-state index in [0.717, 1.165) is 4.68 Å². The Morgan fingerprint density at radius 3 is 2.41 bits per heavy atom. The van der Waals surface area contributed by atoms with Crippen LogP contribution < -0.4 is 21.5 Å². The topological polar surface area (TPSA) is 159 Å². The van der Waals surface area contributed by atoms with Gasteiger partial charge in [-0.25, -0.2) is 9.89 Å². The molecule has 0 radical (unpaired) electrons. The summed E-state index contributed by atoms with van der Waals surface area (Å²) in [4.78, 5) is 41.5. The maximum absolute atomic E-state index is 12.1. The summed E-state index contributed by atoms with van der Waals surface area (Å²) in [5.74, 6) is 0.138. The van der Waals surface area contributed by atoms with Crippen LogP contribution in [0.15, 0.2) is 35.5 Å². The molecule has 2 heterocycles. The maximum atomic E-state index is 12.1. The Kier molecular flexibility index (Phi) is 5.76. The van der Waals surface area contributed by atoms with E-state index >= 15 is 0 Å². The number of H-pyrrole nitrogens is 2. The van der Waals surface area contributed by atoms with Crippen molar-refractivity contribution >= 4 is 31.9 Å². The highest BCUT2D eigenvalue weighted by Gasteiger charge is 2.17. The first-order valence-electron chi connectivity index (χ1n) is 7.99. The fourth-order valence-corrected chi connectivity index (χ4v) is 3.60. The van der Waals surface area contributed by atoms with E-state index in [1.165, 1.54) is 12.1 Å². The predicted octanol–water partition coefficient (Wildman–Crippen LogP) is 1.71. The molecule has 13 heteroatoms. The average molecular weight is 525 g/mol. The standard InChI is InChI=1S/C16H11Br2N7O4/c1-6(2)11-14(27)22-23-15(20-11)29-12-8(17)3-7(4-9(12)18)25-16(28)21-13(26)10(5-19)24-25/h3-4,6H,1-2H3,(H,22,27)(H,21,26,28). The van der Waals surface area contributed by atoms with Gasteiger partial charge in [0.1, 0.15) is 11.8 Å². The van der Waals surface area contributed by atoms with Gasteiger partial charge in [0.2, 0.25) is 5.69 Å². The fraction of sp³-hybridized carbons (Fsp3) is 0.188. The number of ether oxygens (including phenoxy) is 1. The molecule has 3 aromatic rings. The summed E-state index contributed by atoms with van der Waals surface area (Å²) in [7, 11) is 0. The largest absolute Gasteiger partial charge is 0.421 e. The second-order valence-corrected chi connectivity index (χ2v) is 7.67. The van der Waals surface area contributed by atoms with Crippen molar-refractivity contribution in [3.63, 3.8) is 0 Å². The second kappa shape index (κ2) is 8.10. The minimum absolute atomic E-state index is 0.0754. The predicted molar refractivity (Wildman–Crippen MR) is 107 cm³/mol. The van der Waals surface area contributed by atoms with Crippen LogP contribution in [0.3, 0.4) is 0 Å². The van der Waals surface area contributed by atoms with Crippen LogP contribution in [-0.2, 0) is 0 Å². The summed E-state index contributed by atoms with van der Waals surface area (Å²) >= 11 is 6.65. The smallest absolute Gasteiger partial charge is 0.349 e. The third-order valence-corrected chi connectivity index (χ3v) is 4.78. The van der Waals surface area contributed by atoms with Crippen LogP contribution in [0.25, 0.3) is 5.69 Å². The lowest BCUT2D eigenvalue weighted by Gasteiger charge is -2.12. The summed E-state index contributed by atoms with van der Waals surface area (Å²) in [5.41, 5.74) is -2.03. The number of nitrogens with one attached hydrogen (secondary N) is 2. The number of benzene rings is 1. The molecule has 0 saturated carbocycles. The number of rotatable bonds is 4. The Balaban J connectivity index is 2.05. The summed E-state index contributed by atoms with van der Waals surface area (Å²) < 4.78 is 7.31. The molecule has 29 heavy (non-hydrogen) atoms. The Morgan fingerprint density at radius 1 is 1.17 bits per heavy atom. The number of halogens is 2. The van der Waals surface area contributed by atoms with Crippen LogP contribution in [0, 0.1) is 11.3 Å². The summed E-state index contributed by atoms with van der Waals surface area (Å²) in [6, 6.07) is 4.52. The number of aromatic nitrogens is 6. The van der Waals surface area contributed by atoms with Gasteiger partial charge < -0.3 is 4.74 Å². The van der Waals surface area contributed by atoms with Crippen molar-refractivity contribution in [3.05, 3.63) is 63.7 Å². The van der Waals surface area contributed by atoms with E-state index in [9.17, 15) is 14.4 Å². The molecular formula is C16H11Br2N7O4. The van der Waals surface area contributed by atoms with Crippen LogP contribution >= 0.6 is 31.9 Å². The number of aromatic amines is 2. The normalized spacial score (nSPS) is 10.8. The zero-order valence-corrected chi connectivity index (χ0v) is 18.0. The fourth-order valence-electron chi connectivity index (χ4n) is 2.28. The van der Waals surface area contributed by atoms with Crippen molar-refractivity contribution in [1.82, 2.24) is 29.9 Å². The molecule has 0 spiro atoms. The van der Waals surface area contributed by atoms with E-state index in [1.807, 2.05) is 18.8 Å². The molecule has 1 aromatic carbocycles. The maximum Gasteiger partial charge on any atom is 0.349 e. The molecule has 0 aliphatic rings. The SMILES string of the molecule is CC(C)c1nc(Oc2c(Br)cc(-n3nc(C#N)c(=O)[nH]c3=O)cc2Br)n[nH]c1=O. The molecule has 0 bridgehead atoms. The molecule has 0 fully saturated rings. The van der Waals surface area contributed by atoms with Gasteiger partial charge in [0.05, 0.1) is 14.6 Å². The zero-order chi connectivity index (χ0) is 21.3. The van der Waals surface area contributed by atoms with Gasteiger partial charge in [0, 0.05) is 5.92 Å². The quantitative estimate of drug-likeness (QED) is 0.521. The lowest BCUT2D eigenvalue weighted by Crippen LogP contribution is -2.33. The van der Waals surface area contributed by atoms with E-state index in [-0.39, 0.29) is 29.1 Å². The molecule has 148 valence electrons. The zero-order valence-electron chi connectivity index (χ0n) is 14.9. The first-order chi connectivity index (χ1) is 13.7. The first-order valence-corrected chi connectivity index (χ1v) is 9.57. The van der Waals surface area contributed by atoms with E-state index in [4.69, 9.17) is 10.00 Å². The Hall–Kier alpha value is -3.11. The van der Waals surface area contributed by atoms with Crippen LogP contribution in [0.4, 0.5) is 0 Å². The van der Waals surface area contributed by atoms with Crippen molar-refractivity contribution in [2.75, 3.05) is 0 Å². The monoisotopic (exact) mass is 523 g/mol. The molecule has 2 aromatic heterocycles. The minimum Gasteiger partial charge on any atom is -0.421 e. The van der Waals surface area contributed by atoms with Gasteiger partial charge in [-0.05, 0) is 44.0 Å². The van der Waals surface area contributed by atoms with E-state index < -0.39 is 22.5 Å². The highest BCUT2D eigenvalue weighted by atomic mass is 79.9. The van der Waals surface area contributed by atoms with Gasteiger partial charge >= 0.3 is 11.7 Å². The van der Waals surface area contributed by atoms with Crippen molar-refractivity contribution < 1.29 is 4.74 Å². The highest BCUT2D eigenvalue weighted by molar-refractivity contribution is 9.11. The Morgan fingerprint density at radius 2 is 1.83 bits per heavy atom. The van der Waals surface area contributed by atoms with Crippen molar-refractivity contribution in [3.8, 4) is 23.5 Å². The Bertz CT molecular complexity index is 1300. The highest BCUT2D eigenvalue weighted by Crippen LogP contribution is 2.37. The van der Waals surface area contributed by atoms with E-state index in [0.29, 0.717) is 8.95 Å². The average Bonchev–Trinajstić information content (AvgIpc) is 2.65. The van der Waals surface area contributed by atoms with Crippen LogP contribution in [0.5, 0.6) is 11.8 Å². The molecule has 0 amide bonds. The van der Waals surface area contributed by atoms with Gasteiger partial charge in [-0.1, -0.05) is 13.8 Å². The third kappa shape index (κ3) is 4.17. The van der Waals surface area contributed by atoms with Crippen LogP contribution in [0.2, 0.25) is 0 Å². The molecule has 0 unspecified atom stereocenters. The van der Waals surface area contributed by atoms with Gasteiger partial charge in [-0.15, -0.1) is 10.2 Å². The Labute approximate surface area is 178 Å². The summed E-state index contributed by atoms with van der Waals surface area (Å²) in [6.07, 6.45) is 0. The first kappa shape index (κ1) is 20.6. The third-order valence-electron chi connectivity index (χ3n) is 3.60. The number of hydrogen-bond donors (Lipinski definition) is 2. The number of hydrogen-bond acceptors (Lipinski definition) is 8. The number of nitriles is 1. The summed E-state index contributed by atoms with van der Waals surface area (Å²) in [5, 5.41) is 18.8. The van der Waals surface area contributed by atoms with E-state index in [2.05, 4.69) is 52.1 Å². The number of nitrogens with zero attached hydrogens (tertiary/aromatic N) is 5. The molecule has 0 aliphatic carbocycles. The molecule has 2 N–H and O–H groups in total. The van der Waals surface area contributed by atoms with Crippen molar-refractivity contribution in [2.24, 2.45) is 0 Å². The van der Waals surface area contributed by atoms with Crippen molar-refractivity contribution in [2.45, 2.75) is 19.8 Å². The molecule has 0 saturated heterocycles. The lowest BCUT2D eigenvalue weighted by atomic mass is 10.1. The summed E-state index contributed by atoms with van der Waals surface area (Å²) in [6.45, 7) is 3.62. The van der Waals surface area contributed by atoms with E-state index in [1.54, 1.807) is 6.07 Å². The molecule has 11 nitrogen and oxygen atoms in total. The molecular weight excluding hydrogens is 514 g/mol. The lowest BCUT2D eigenvalue weighted by molar-refractivity contribution is 0.422. The molecule has 0 aliphatic heterocycles. The molecule has 0 atom stereocenters. The van der Waals surface area contributed by atoms with Gasteiger partial charge in [-0.3, -0.25) is 14.6 Å². The van der Waals surface area contributed by atoms with Gasteiger partial charge in [0.25, 0.3) is 11.1 Å². The van der Waals surface area contributed by atoms with Crippen LogP contribution in [-0.4, -0.2) is 29.9 Å². The van der Waals surface area contributed by atoms with Gasteiger partial charge in [-0.2, -0.15) is 14.9 Å². The molecule has 3 rings (SSSR count). The van der Waals surface area contributed by atoms with Gasteiger partial charge in [0.15, 0.2) is 5.75 Å². The second-order valence-electron chi connectivity index (χ2n) is 5.96.